The summed E-state index contributed by atoms with van der Waals surface area (Å²) in [5.41, 5.74) is 1.27. The second-order valence-corrected chi connectivity index (χ2v) is 11.4. The van der Waals surface area contributed by atoms with E-state index in [1.165, 1.54) is 25.7 Å². The number of aryl methyl sites for hydroxylation is 1. The molecule has 186 valence electrons. The normalized spacial score (nSPS) is 20.0. The highest BCUT2D eigenvalue weighted by molar-refractivity contribution is 7.99. The summed E-state index contributed by atoms with van der Waals surface area (Å²) in [5.74, 6) is 1.00. The number of fused-ring (bicyclic) bond motifs is 1. The number of carbonyl (C=O) groups is 1. The Morgan fingerprint density at radius 3 is 2.74 bits per heavy atom. The molecule has 1 aliphatic carbocycles. The number of methoxy groups -OCH3 is 1. The monoisotopic (exact) mass is 488 g/mol. The van der Waals surface area contributed by atoms with E-state index in [9.17, 15) is 9.90 Å². The molecule has 1 aromatic carbocycles. The fraction of sp³-hybridized carbons (Fsp3) is 0.630. The number of nitrogens with zero attached hydrogens (tertiary/aromatic N) is 2. The molecule has 34 heavy (non-hydrogen) atoms. The molecule has 0 amide bonds. The zero-order valence-corrected chi connectivity index (χ0v) is 21.2. The third kappa shape index (κ3) is 5.68. The van der Waals surface area contributed by atoms with Gasteiger partial charge in [-0.2, -0.15) is 11.8 Å². The average molecular weight is 489 g/mol. The van der Waals surface area contributed by atoms with Crippen LogP contribution in [-0.2, 0) is 4.79 Å². The molecule has 1 saturated heterocycles. The maximum atomic E-state index is 15.7. The Hall–Kier alpha value is -1.86. The zero-order chi connectivity index (χ0) is 24.1. The number of benzene rings is 1. The number of piperidine rings is 1. The Balaban J connectivity index is 1.37. The summed E-state index contributed by atoms with van der Waals surface area (Å²) < 4.78 is 21.0. The number of alkyl halides is 1. The topological polar surface area (TPSA) is 62.7 Å². The molecule has 4 rings (SSSR count). The van der Waals surface area contributed by atoms with E-state index in [-0.39, 0.29) is 6.42 Å². The first-order valence-electron chi connectivity index (χ1n) is 12.6. The van der Waals surface area contributed by atoms with Crippen LogP contribution in [0.4, 0.5) is 4.39 Å². The molecule has 5 nitrogen and oxygen atoms in total. The van der Waals surface area contributed by atoms with E-state index in [0.29, 0.717) is 30.6 Å². The minimum absolute atomic E-state index is 0.195. The smallest absolute Gasteiger partial charge is 0.309 e. The van der Waals surface area contributed by atoms with E-state index in [0.717, 1.165) is 47.1 Å². The third-order valence-electron chi connectivity index (χ3n) is 7.84. The predicted molar refractivity (Wildman–Crippen MR) is 137 cm³/mol. The Kier molecular flexibility index (Phi) is 8.35. The zero-order valence-electron chi connectivity index (χ0n) is 20.4. The summed E-state index contributed by atoms with van der Waals surface area (Å²) in [7, 11) is 1.59. The molecule has 2 aliphatic rings. The summed E-state index contributed by atoms with van der Waals surface area (Å²) in [4.78, 5) is 19.1. The molecule has 0 bridgehead atoms. The minimum Gasteiger partial charge on any atom is -0.497 e. The number of rotatable bonds is 10. The Bertz CT molecular complexity index is 987. The number of pyridine rings is 1. The van der Waals surface area contributed by atoms with Crippen LogP contribution in [0.5, 0.6) is 5.75 Å². The first-order chi connectivity index (χ1) is 16.4. The summed E-state index contributed by atoms with van der Waals surface area (Å²) >= 11 is 2.08. The number of carboxylic acid groups (broad SMARTS) is 1. The lowest BCUT2D eigenvalue weighted by Crippen LogP contribution is -2.45. The van der Waals surface area contributed by atoms with Gasteiger partial charge in [-0.3, -0.25) is 9.78 Å². The lowest BCUT2D eigenvalue weighted by molar-refractivity contribution is -0.153. The van der Waals surface area contributed by atoms with Crippen molar-refractivity contribution in [2.24, 2.45) is 5.41 Å². The van der Waals surface area contributed by atoms with Crippen molar-refractivity contribution in [1.29, 1.82) is 0 Å². The SMILES string of the molecule is COc1ccc2ncc(C)c([C@@H](F)CCC3(C(=O)O)CCN(CCSC4CCCC4)CC3)c2c1. The molecule has 1 aromatic heterocycles. The van der Waals surface area contributed by atoms with Gasteiger partial charge in [0.05, 0.1) is 18.0 Å². The standard InChI is InChI=1S/C27H37FN2O3S/c1-19-18-29-24-8-7-20(33-2)17-22(24)25(19)23(28)9-10-27(26(31)32)11-13-30(14-12-27)15-16-34-21-5-3-4-6-21/h7-8,17-18,21,23H,3-6,9-16H2,1-2H3,(H,31,32)/t23-/m0/s1. The van der Waals surface area contributed by atoms with Crippen molar-refractivity contribution in [3.8, 4) is 5.75 Å². The van der Waals surface area contributed by atoms with Crippen molar-refractivity contribution in [2.45, 2.75) is 69.7 Å². The predicted octanol–water partition coefficient (Wildman–Crippen LogP) is 6.19. The molecule has 2 aromatic rings. The molecule has 1 N–H and O–H groups in total. The van der Waals surface area contributed by atoms with Crippen molar-refractivity contribution >= 4 is 28.6 Å². The van der Waals surface area contributed by atoms with Gasteiger partial charge in [0.1, 0.15) is 11.9 Å². The van der Waals surface area contributed by atoms with Crippen LogP contribution in [0.15, 0.2) is 24.4 Å². The van der Waals surface area contributed by atoms with E-state index in [4.69, 9.17) is 4.74 Å². The third-order valence-corrected chi connectivity index (χ3v) is 9.20. The lowest BCUT2D eigenvalue weighted by Gasteiger charge is -2.39. The van der Waals surface area contributed by atoms with Crippen LogP contribution in [0.3, 0.4) is 0 Å². The van der Waals surface area contributed by atoms with Gasteiger partial charge in [-0.15, -0.1) is 0 Å². The van der Waals surface area contributed by atoms with Gasteiger partial charge in [-0.05, 0) is 87.9 Å². The number of aromatic nitrogens is 1. The molecule has 1 saturated carbocycles. The number of hydrogen-bond acceptors (Lipinski definition) is 5. The molecule has 1 aliphatic heterocycles. The van der Waals surface area contributed by atoms with Crippen LogP contribution >= 0.6 is 11.8 Å². The van der Waals surface area contributed by atoms with Crippen LogP contribution < -0.4 is 4.74 Å². The first kappa shape index (κ1) is 25.2. The maximum Gasteiger partial charge on any atom is 0.309 e. The van der Waals surface area contributed by atoms with Crippen molar-refractivity contribution < 1.29 is 19.0 Å². The molecule has 7 heteroatoms. The van der Waals surface area contributed by atoms with E-state index < -0.39 is 17.6 Å². The van der Waals surface area contributed by atoms with Gasteiger partial charge in [-0.1, -0.05) is 12.8 Å². The van der Waals surface area contributed by atoms with Gasteiger partial charge in [0.2, 0.25) is 0 Å². The molecule has 1 atom stereocenters. The van der Waals surface area contributed by atoms with Gasteiger partial charge in [0.15, 0.2) is 0 Å². The quantitative estimate of drug-likeness (QED) is 0.431. The first-order valence-corrected chi connectivity index (χ1v) is 13.6. The molecule has 2 fully saturated rings. The van der Waals surface area contributed by atoms with Crippen LogP contribution in [-0.4, -0.2) is 58.7 Å². The van der Waals surface area contributed by atoms with E-state index >= 15 is 4.39 Å². The number of hydrogen-bond donors (Lipinski definition) is 1. The number of likely N-dealkylation sites (tertiary alicyclic amines) is 1. The van der Waals surface area contributed by atoms with Gasteiger partial charge >= 0.3 is 5.97 Å². The van der Waals surface area contributed by atoms with Crippen molar-refractivity contribution in [2.75, 3.05) is 32.5 Å². The number of halogens is 1. The highest BCUT2D eigenvalue weighted by Gasteiger charge is 2.41. The van der Waals surface area contributed by atoms with E-state index in [1.807, 2.05) is 25.1 Å². The highest BCUT2D eigenvalue weighted by Crippen LogP contribution is 2.41. The lowest BCUT2D eigenvalue weighted by atomic mass is 9.74. The number of aliphatic carboxylic acids is 1. The van der Waals surface area contributed by atoms with Gasteiger partial charge in [0.25, 0.3) is 0 Å². The highest BCUT2D eigenvalue weighted by atomic mass is 32.2. The molecule has 2 heterocycles. The second-order valence-electron chi connectivity index (χ2n) is 9.95. The largest absolute Gasteiger partial charge is 0.497 e. The fourth-order valence-corrected chi connectivity index (χ4v) is 6.92. The van der Waals surface area contributed by atoms with Crippen LogP contribution in [0.25, 0.3) is 10.9 Å². The Morgan fingerprint density at radius 2 is 2.06 bits per heavy atom. The molecular formula is C27H37FN2O3S. The van der Waals surface area contributed by atoms with Crippen LogP contribution in [0, 0.1) is 12.3 Å². The summed E-state index contributed by atoms with van der Waals surface area (Å²) in [6.07, 6.45) is 7.59. The average Bonchev–Trinajstić information content (AvgIpc) is 3.36. The molecule has 0 unspecified atom stereocenters. The van der Waals surface area contributed by atoms with Crippen molar-refractivity contribution in [3.63, 3.8) is 0 Å². The number of carboxylic acids is 1. The molecule has 0 spiro atoms. The Labute approximate surface area is 206 Å². The summed E-state index contributed by atoms with van der Waals surface area (Å²) in [5, 5.41) is 11.7. The minimum atomic E-state index is -1.24. The van der Waals surface area contributed by atoms with Crippen molar-refractivity contribution in [3.05, 3.63) is 35.5 Å². The van der Waals surface area contributed by atoms with Gasteiger partial charge in [-0.25, -0.2) is 4.39 Å². The van der Waals surface area contributed by atoms with Gasteiger partial charge in [0, 0.05) is 29.1 Å². The van der Waals surface area contributed by atoms with Gasteiger partial charge < -0.3 is 14.7 Å². The van der Waals surface area contributed by atoms with E-state index in [1.54, 1.807) is 13.3 Å². The van der Waals surface area contributed by atoms with Crippen LogP contribution in [0.2, 0.25) is 0 Å². The fourth-order valence-electron chi connectivity index (χ4n) is 5.56. The molecular weight excluding hydrogens is 451 g/mol. The molecule has 0 radical (unpaired) electrons. The van der Waals surface area contributed by atoms with Crippen molar-refractivity contribution in [1.82, 2.24) is 9.88 Å². The number of ether oxygens (including phenoxy) is 1. The summed E-state index contributed by atoms with van der Waals surface area (Å²) in [6.45, 7) is 4.45. The number of thioether (sulfide) groups is 1. The Morgan fingerprint density at radius 1 is 1.32 bits per heavy atom. The van der Waals surface area contributed by atoms with Crippen LogP contribution in [0.1, 0.15) is 68.7 Å². The maximum absolute atomic E-state index is 15.7. The summed E-state index contributed by atoms with van der Waals surface area (Å²) in [6, 6.07) is 5.48. The van der Waals surface area contributed by atoms with E-state index in [2.05, 4.69) is 21.6 Å². The second kappa shape index (κ2) is 11.3.